The summed E-state index contributed by atoms with van der Waals surface area (Å²) in [5, 5.41) is 0.532. The molecule has 1 saturated carbocycles. The Bertz CT molecular complexity index is 281. The second-order valence-corrected chi connectivity index (χ2v) is 13.8. The Kier molecular flexibility index (Phi) is 4.94. The molecule has 0 aromatic rings. The van der Waals surface area contributed by atoms with Gasteiger partial charge in [0.1, 0.15) is 0 Å². The Morgan fingerprint density at radius 2 is 1.78 bits per heavy atom. The first-order valence-corrected chi connectivity index (χ1v) is 11.3. The van der Waals surface area contributed by atoms with Crippen LogP contribution in [0.4, 0.5) is 0 Å². The van der Waals surface area contributed by atoms with Crippen molar-refractivity contribution in [2.24, 2.45) is 29.4 Å². The Morgan fingerprint density at radius 1 is 1.28 bits per heavy atom. The number of rotatable bonds is 4. The predicted molar refractivity (Wildman–Crippen MR) is 88.4 cm³/mol. The van der Waals surface area contributed by atoms with Crippen LogP contribution in [-0.4, -0.2) is 31.2 Å². The average molecular weight is 273 g/mol. The molecular formula is C16H36NP. The number of hydrogen-bond donors (Lipinski definition) is 1. The maximum atomic E-state index is 6.35. The summed E-state index contributed by atoms with van der Waals surface area (Å²) in [5.41, 5.74) is 6.35. The fourth-order valence-electron chi connectivity index (χ4n) is 4.40. The van der Waals surface area contributed by atoms with E-state index in [1.54, 1.807) is 0 Å². The molecule has 0 spiro atoms. The van der Waals surface area contributed by atoms with E-state index in [1.807, 2.05) is 0 Å². The van der Waals surface area contributed by atoms with Gasteiger partial charge in [-0.2, -0.15) is 0 Å². The molecule has 1 fully saturated rings. The molecule has 1 aliphatic carbocycles. The van der Waals surface area contributed by atoms with Crippen molar-refractivity contribution in [2.75, 3.05) is 20.0 Å². The molecule has 0 amide bonds. The van der Waals surface area contributed by atoms with Gasteiger partial charge in [-0.15, -0.1) is 0 Å². The minimum absolute atomic E-state index is 0.345. The molecule has 2 N–H and O–H groups in total. The summed E-state index contributed by atoms with van der Waals surface area (Å²) in [6.45, 7) is 19.7. The van der Waals surface area contributed by atoms with Crippen molar-refractivity contribution in [1.29, 1.82) is 0 Å². The van der Waals surface area contributed by atoms with E-state index in [1.165, 1.54) is 12.8 Å². The third-order valence-electron chi connectivity index (χ3n) is 6.47. The van der Waals surface area contributed by atoms with Gasteiger partial charge in [-0.1, -0.05) is 0 Å². The van der Waals surface area contributed by atoms with Crippen molar-refractivity contribution >= 4 is 7.26 Å². The molecule has 0 radical (unpaired) electrons. The third-order valence-corrected chi connectivity index (χ3v) is 10.6. The Balaban J connectivity index is 3.13. The summed E-state index contributed by atoms with van der Waals surface area (Å²) < 4.78 is 0. The normalized spacial score (nSPS) is 39.4. The average Bonchev–Trinajstić information content (AvgIpc) is 2.53. The molecule has 110 valence electrons. The first-order chi connectivity index (χ1) is 8.06. The Morgan fingerprint density at radius 3 is 2.11 bits per heavy atom. The molecule has 0 bridgehead atoms. The molecule has 18 heavy (non-hydrogen) atoms. The van der Waals surface area contributed by atoms with Crippen molar-refractivity contribution < 1.29 is 0 Å². The molecule has 0 heterocycles. The van der Waals surface area contributed by atoms with Crippen LogP contribution in [0.25, 0.3) is 0 Å². The summed E-state index contributed by atoms with van der Waals surface area (Å²) in [4.78, 5) is 0. The molecule has 6 atom stereocenters. The van der Waals surface area contributed by atoms with Crippen LogP contribution >= 0.6 is 7.26 Å². The third kappa shape index (κ3) is 2.63. The van der Waals surface area contributed by atoms with Gasteiger partial charge in [0.05, 0.1) is 0 Å². The van der Waals surface area contributed by atoms with Gasteiger partial charge in [-0.25, -0.2) is 0 Å². The first-order valence-electron chi connectivity index (χ1n) is 7.81. The van der Waals surface area contributed by atoms with Gasteiger partial charge < -0.3 is 0 Å². The van der Waals surface area contributed by atoms with Crippen LogP contribution in [-0.2, 0) is 0 Å². The van der Waals surface area contributed by atoms with Crippen LogP contribution in [0.3, 0.4) is 0 Å². The van der Waals surface area contributed by atoms with Crippen molar-refractivity contribution in [2.45, 2.75) is 58.7 Å². The van der Waals surface area contributed by atoms with E-state index in [-0.39, 0.29) is 0 Å². The van der Waals surface area contributed by atoms with Crippen LogP contribution in [0, 0.1) is 23.7 Å². The van der Waals surface area contributed by atoms with Crippen LogP contribution in [0.2, 0.25) is 0 Å². The molecule has 0 aromatic carbocycles. The summed E-state index contributed by atoms with van der Waals surface area (Å²) in [6, 6.07) is 0.345. The van der Waals surface area contributed by atoms with Gasteiger partial charge in [0.15, 0.2) is 0 Å². The summed E-state index contributed by atoms with van der Waals surface area (Å²) in [5.74, 6) is 3.18. The molecule has 0 saturated heterocycles. The predicted octanol–water partition coefficient (Wildman–Crippen LogP) is 4.05. The topological polar surface area (TPSA) is 26.0 Å². The molecule has 2 heteroatoms. The van der Waals surface area contributed by atoms with Crippen LogP contribution < -0.4 is 5.73 Å². The summed E-state index contributed by atoms with van der Waals surface area (Å²) >= 11 is 0. The van der Waals surface area contributed by atoms with Crippen molar-refractivity contribution in [3.05, 3.63) is 0 Å². The van der Waals surface area contributed by atoms with Crippen molar-refractivity contribution in [1.82, 2.24) is 0 Å². The van der Waals surface area contributed by atoms with Gasteiger partial charge in [0.25, 0.3) is 0 Å². The SMILES string of the molecule is CCC(C)(C1CC(C)C(C)C1C(C)N)[PH](C)(C)C. The zero-order valence-corrected chi connectivity index (χ0v) is 14.9. The van der Waals surface area contributed by atoms with Gasteiger partial charge in [0, 0.05) is 0 Å². The van der Waals surface area contributed by atoms with E-state index < -0.39 is 7.26 Å². The number of nitrogens with two attached hydrogens (primary N) is 1. The quantitative estimate of drug-likeness (QED) is 0.768. The fraction of sp³-hybridized carbons (Fsp3) is 1.00. The standard InChI is InChI=1S/C16H36NP/c1-9-16(5,18(6,7)8)14-10-11(2)12(3)15(14)13(4)17/h11-15,18H,9-10,17H2,1-8H3. The van der Waals surface area contributed by atoms with Gasteiger partial charge >= 0.3 is 115 Å². The first kappa shape index (κ1) is 16.4. The zero-order chi connectivity index (χ0) is 14.3. The van der Waals surface area contributed by atoms with Gasteiger partial charge in [0.2, 0.25) is 0 Å². The van der Waals surface area contributed by atoms with Crippen LogP contribution in [0.15, 0.2) is 0 Å². The van der Waals surface area contributed by atoms with E-state index in [9.17, 15) is 0 Å². The van der Waals surface area contributed by atoms with E-state index in [4.69, 9.17) is 5.73 Å². The minimum atomic E-state index is -1.18. The molecule has 1 aliphatic rings. The van der Waals surface area contributed by atoms with E-state index >= 15 is 0 Å². The monoisotopic (exact) mass is 273 g/mol. The molecule has 0 aromatic heterocycles. The second-order valence-electron chi connectivity index (χ2n) is 8.14. The van der Waals surface area contributed by atoms with Gasteiger partial charge in [-0.05, 0) is 0 Å². The van der Waals surface area contributed by atoms with Crippen LogP contribution in [0.5, 0.6) is 0 Å². The second kappa shape index (κ2) is 5.41. The molecule has 1 rings (SSSR count). The zero-order valence-electron chi connectivity index (χ0n) is 13.9. The summed E-state index contributed by atoms with van der Waals surface area (Å²) in [7, 11) is -1.18. The fourth-order valence-corrected chi connectivity index (χ4v) is 6.88. The summed E-state index contributed by atoms with van der Waals surface area (Å²) in [6.07, 6.45) is 2.71. The number of hydrogen-bond acceptors (Lipinski definition) is 1. The molecular weight excluding hydrogens is 237 g/mol. The van der Waals surface area contributed by atoms with E-state index in [0.29, 0.717) is 11.2 Å². The maximum absolute atomic E-state index is 6.35. The van der Waals surface area contributed by atoms with E-state index in [2.05, 4.69) is 54.6 Å². The molecule has 6 unspecified atom stereocenters. The molecule has 1 nitrogen and oxygen atoms in total. The van der Waals surface area contributed by atoms with E-state index in [0.717, 1.165) is 23.7 Å². The Labute approximate surface area is 116 Å². The van der Waals surface area contributed by atoms with Crippen molar-refractivity contribution in [3.8, 4) is 0 Å². The Hall–Kier alpha value is 0.390. The molecule has 0 aliphatic heterocycles. The van der Waals surface area contributed by atoms with Crippen molar-refractivity contribution in [3.63, 3.8) is 0 Å². The van der Waals surface area contributed by atoms with Gasteiger partial charge in [-0.3, -0.25) is 0 Å². The van der Waals surface area contributed by atoms with Crippen LogP contribution in [0.1, 0.15) is 47.5 Å².